The van der Waals surface area contributed by atoms with Crippen LogP contribution in [-0.2, 0) is 30.7 Å². The number of hydrogen-bond donors (Lipinski definition) is 2. The molecule has 23 heavy (non-hydrogen) atoms. The number of aromatic nitrogens is 4. The smallest absolute Gasteiger partial charge is 0.328 e. The first-order chi connectivity index (χ1) is 11.0. The summed E-state index contributed by atoms with van der Waals surface area (Å²) in [6.45, 7) is 4.65. The van der Waals surface area contributed by atoms with Gasteiger partial charge in [0.15, 0.2) is 0 Å². The fourth-order valence-electron chi connectivity index (χ4n) is 2.84. The zero-order chi connectivity index (χ0) is 16.6. The van der Waals surface area contributed by atoms with Gasteiger partial charge in [0.1, 0.15) is 6.54 Å². The van der Waals surface area contributed by atoms with Crippen LogP contribution in [0.3, 0.4) is 0 Å². The summed E-state index contributed by atoms with van der Waals surface area (Å²) in [5.41, 5.74) is 2.56. The number of H-pyrrole nitrogens is 2. The molecule has 0 aliphatic carbocycles. The van der Waals surface area contributed by atoms with Crippen LogP contribution in [0.1, 0.15) is 29.4 Å². The average molecular weight is 317 g/mol. The van der Waals surface area contributed by atoms with Gasteiger partial charge in [0.2, 0.25) is 5.91 Å². The number of aryl methyl sites for hydroxylation is 2. The molecule has 0 radical (unpaired) electrons. The monoisotopic (exact) mass is 317 g/mol. The lowest BCUT2D eigenvalue weighted by Crippen LogP contribution is -2.41. The standard InChI is InChI=1S/C15H19N5O3/c1-3-11-10-7-19(5-4-12(10)18-17-11)13(21)8-20-6-9(2)14(22)16-15(20)23/h6H,3-5,7-8H2,1-2H3,(H,17,18)(H,16,22,23). The second-order valence-electron chi connectivity index (χ2n) is 5.75. The second kappa shape index (κ2) is 5.86. The van der Waals surface area contributed by atoms with Gasteiger partial charge in [0.05, 0.1) is 5.69 Å². The van der Waals surface area contributed by atoms with Crippen molar-refractivity contribution < 1.29 is 4.79 Å². The van der Waals surface area contributed by atoms with Crippen molar-refractivity contribution in [1.82, 2.24) is 24.6 Å². The molecule has 3 heterocycles. The number of nitrogens with zero attached hydrogens (tertiary/aromatic N) is 3. The molecule has 0 fully saturated rings. The summed E-state index contributed by atoms with van der Waals surface area (Å²) in [4.78, 5) is 39.6. The Kier molecular flexibility index (Phi) is 3.89. The van der Waals surface area contributed by atoms with E-state index in [0.717, 1.165) is 29.8 Å². The molecular formula is C15H19N5O3. The van der Waals surface area contributed by atoms with E-state index < -0.39 is 11.2 Å². The Labute approximate surface area is 132 Å². The Morgan fingerprint density at radius 1 is 1.39 bits per heavy atom. The molecule has 1 aliphatic rings. The highest BCUT2D eigenvalue weighted by Crippen LogP contribution is 2.20. The first-order valence-electron chi connectivity index (χ1n) is 7.62. The highest BCUT2D eigenvalue weighted by Gasteiger charge is 2.24. The number of hydrogen-bond acceptors (Lipinski definition) is 4. The summed E-state index contributed by atoms with van der Waals surface area (Å²) < 4.78 is 1.24. The van der Waals surface area contributed by atoms with Gasteiger partial charge in [-0.2, -0.15) is 5.10 Å². The maximum atomic E-state index is 12.5. The third kappa shape index (κ3) is 2.84. The van der Waals surface area contributed by atoms with E-state index in [9.17, 15) is 14.4 Å². The summed E-state index contributed by atoms with van der Waals surface area (Å²) in [5.74, 6) is -0.146. The molecule has 2 aromatic heterocycles. The molecule has 0 saturated heterocycles. The number of aromatic amines is 2. The number of fused-ring (bicyclic) bond motifs is 1. The first-order valence-corrected chi connectivity index (χ1v) is 7.62. The predicted octanol–water partition coefficient (Wildman–Crippen LogP) is -0.285. The number of rotatable bonds is 3. The van der Waals surface area contributed by atoms with Crippen LogP contribution < -0.4 is 11.2 Å². The van der Waals surface area contributed by atoms with Gasteiger partial charge in [-0.05, 0) is 13.3 Å². The van der Waals surface area contributed by atoms with E-state index in [4.69, 9.17) is 0 Å². The minimum atomic E-state index is -0.566. The molecule has 1 amide bonds. The largest absolute Gasteiger partial charge is 0.336 e. The summed E-state index contributed by atoms with van der Waals surface area (Å²) in [6.07, 6.45) is 2.96. The molecule has 1 aliphatic heterocycles. The molecular weight excluding hydrogens is 298 g/mol. The topological polar surface area (TPSA) is 104 Å². The van der Waals surface area contributed by atoms with Crippen LogP contribution in [0.2, 0.25) is 0 Å². The van der Waals surface area contributed by atoms with E-state index >= 15 is 0 Å². The molecule has 0 atom stereocenters. The van der Waals surface area contributed by atoms with Gasteiger partial charge < -0.3 is 4.90 Å². The van der Waals surface area contributed by atoms with Gasteiger partial charge in [-0.3, -0.25) is 24.2 Å². The number of carbonyl (C=O) groups is 1. The van der Waals surface area contributed by atoms with Crippen molar-refractivity contribution in [2.45, 2.75) is 39.8 Å². The second-order valence-corrected chi connectivity index (χ2v) is 5.75. The Balaban J connectivity index is 1.79. The van der Waals surface area contributed by atoms with Crippen molar-refractivity contribution in [2.75, 3.05) is 6.54 Å². The molecule has 8 nitrogen and oxygen atoms in total. The Hall–Kier alpha value is -2.64. The van der Waals surface area contributed by atoms with Crippen molar-refractivity contribution >= 4 is 5.91 Å². The summed E-state index contributed by atoms with van der Waals surface area (Å²) in [6, 6.07) is 0. The quantitative estimate of drug-likeness (QED) is 0.812. The van der Waals surface area contributed by atoms with Gasteiger partial charge in [-0.15, -0.1) is 0 Å². The van der Waals surface area contributed by atoms with Gasteiger partial charge in [0, 0.05) is 42.5 Å². The third-order valence-corrected chi connectivity index (χ3v) is 4.20. The van der Waals surface area contributed by atoms with Crippen LogP contribution in [-0.4, -0.2) is 37.1 Å². The molecule has 0 spiro atoms. The molecule has 3 rings (SSSR count). The van der Waals surface area contributed by atoms with Crippen LogP contribution in [0.15, 0.2) is 15.8 Å². The maximum absolute atomic E-state index is 12.5. The lowest BCUT2D eigenvalue weighted by molar-refractivity contribution is -0.132. The van der Waals surface area contributed by atoms with E-state index in [-0.39, 0.29) is 12.5 Å². The molecule has 2 N–H and O–H groups in total. The van der Waals surface area contributed by atoms with E-state index in [1.54, 1.807) is 11.8 Å². The van der Waals surface area contributed by atoms with Crippen molar-refractivity contribution in [1.29, 1.82) is 0 Å². The summed E-state index contributed by atoms with van der Waals surface area (Å²) in [5, 5.41) is 7.30. The average Bonchev–Trinajstić information content (AvgIpc) is 2.94. The molecule has 0 saturated carbocycles. The third-order valence-electron chi connectivity index (χ3n) is 4.20. The molecule has 0 bridgehead atoms. The van der Waals surface area contributed by atoms with Gasteiger partial charge in [-0.1, -0.05) is 6.92 Å². The SMILES string of the molecule is CCc1n[nH]c2c1CN(C(=O)Cn1cc(C)c(=O)[nH]c1=O)CC2. The number of nitrogens with one attached hydrogen (secondary N) is 2. The normalized spacial score (nSPS) is 13.9. The van der Waals surface area contributed by atoms with Crippen LogP contribution in [0, 0.1) is 6.92 Å². The predicted molar refractivity (Wildman–Crippen MR) is 83.1 cm³/mol. The van der Waals surface area contributed by atoms with Crippen molar-refractivity contribution in [3.8, 4) is 0 Å². The molecule has 0 unspecified atom stereocenters. The highest BCUT2D eigenvalue weighted by atomic mass is 16.2. The van der Waals surface area contributed by atoms with E-state index in [2.05, 4.69) is 15.2 Å². The molecule has 8 heteroatoms. The van der Waals surface area contributed by atoms with Crippen molar-refractivity contribution in [3.05, 3.63) is 49.5 Å². The van der Waals surface area contributed by atoms with Crippen LogP contribution in [0.4, 0.5) is 0 Å². The minimum Gasteiger partial charge on any atom is -0.336 e. The van der Waals surface area contributed by atoms with Crippen LogP contribution in [0.5, 0.6) is 0 Å². The van der Waals surface area contributed by atoms with E-state index in [1.165, 1.54) is 10.8 Å². The van der Waals surface area contributed by atoms with Crippen molar-refractivity contribution in [3.63, 3.8) is 0 Å². The summed E-state index contributed by atoms with van der Waals surface area (Å²) in [7, 11) is 0. The zero-order valence-corrected chi connectivity index (χ0v) is 13.2. The Bertz CT molecular complexity index is 847. The van der Waals surface area contributed by atoms with Crippen molar-refractivity contribution in [2.24, 2.45) is 0 Å². The lowest BCUT2D eigenvalue weighted by atomic mass is 10.0. The lowest BCUT2D eigenvalue weighted by Gasteiger charge is -2.27. The first kappa shape index (κ1) is 15.3. The number of amides is 1. The fourth-order valence-corrected chi connectivity index (χ4v) is 2.84. The fraction of sp³-hybridized carbons (Fsp3) is 0.467. The Morgan fingerprint density at radius 3 is 2.91 bits per heavy atom. The van der Waals surface area contributed by atoms with Gasteiger partial charge >= 0.3 is 5.69 Å². The van der Waals surface area contributed by atoms with Crippen LogP contribution >= 0.6 is 0 Å². The van der Waals surface area contributed by atoms with E-state index in [1.807, 2.05) is 6.92 Å². The molecule has 122 valence electrons. The highest BCUT2D eigenvalue weighted by molar-refractivity contribution is 5.76. The molecule has 2 aromatic rings. The number of carbonyl (C=O) groups excluding carboxylic acids is 1. The van der Waals surface area contributed by atoms with E-state index in [0.29, 0.717) is 18.7 Å². The molecule has 0 aromatic carbocycles. The zero-order valence-electron chi connectivity index (χ0n) is 13.2. The summed E-state index contributed by atoms with van der Waals surface area (Å²) >= 11 is 0. The minimum absolute atomic E-state index is 0.0783. The maximum Gasteiger partial charge on any atom is 0.328 e. The van der Waals surface area contributed by atoms with Gasteiger partial charge in [-0.25, -0.2) is 4.79 Å². The Morgan fingerprint density at radius 2 is 2.17 bits per heavy atom. The van der Waals surface area contributed by atoms with Crippen LogP contribution in [0.25, 0.3) is 0 Å². The van der Waals surface area contributed by atoms with Gasteiger partial charge in [0.25, 0.3) is 5.56 Å².